The summed E-state index contributed by atoms with van der Waals surface area (Å²) < 4.78 is 10.1. The average molecular weight is 276 g/mol. The average Bonchev–Trinajstić information content (AvgIpc) is 2.93. The lowest BCUT2D eigenvalue weighted by atomic mass is 10.2. The van der Waals surface area contributed by atoms with Gasteiger partial charge in [-0.15, -0.1) is 11.3 Å². The van der Waals surface area contributed by atoms with Crippen molar-refractivity contribution < 1.29 is 19.1 Å². The molecule has 4 nitrogen and oxygen atoms in total. The number of hydrogen-bond donors (Lipinski definition) is 0. The van der Waals surface area contributed by atoms with Gasteiger partial charge in [0.2, 0.25) is 0 Å². The standard InChI is InChI=1S/C14H12O4S/c1-2-17-13(15)10-5-3-6-11(9-10)18-14(16)12-7-4-8-19-12/h3-9H,2H2,1H3. The molecule has 0 saturated heterocycles. The zero-order valence-electron chi connectivity index (χ0n) is 10.3. The molecule has 1 heterocycles. The maximum atomic E-state index is 11.8. The molecule has 1 aromatic heterocycles. The van der Waals surface area contributed by atoms with E-state index < -0.39 is 11.9 Å². The highest BCUT2D eigenvalue weighted by molar-refractivity contribution is 7.12. The Morgan fingerprint density at radius 3 is 2.68 bits per heavy atom. The molecule has 0 aliphatic rings. The molecule has 2 aromatic rings. The topological polar surface area (TPSA) is 52.6 Å². The number of benzene rings is 1. The van der Waals surface area contributed by atoms with Gasteiger partial charge in [-0.25, -0.2) is 9.59 Å². The minimum atomic E-state index is -0.434. The van der Waals surface area contributed by atoms with Crippen LogP contribution in [0.5, 0.6) is 5.75 Å². The van der Waals surface area contributed by atoms with Gasteiger partial charge in [-0.3, -0.25) is 0 Å². The second kappa shape index (κ2) is 6.15. The number of hydrogen-bond acceptors (Lipinski definition) is 5. The van der Waals surface area contributed by atoms with Gasteiger partial charge >= 0.3 is 11.9 Å². The molecule has 0 unspecified atom stereocenters. The lowest BCUT2D eigenvalue weighted by molar-refractivity contribution is 0.0524. The minimum Gasteiger partial charge on any atom is -0.462 e. The van der Waals surface area contributed by atoms with Crippen molar-refractivity contribution in [2.24, 2.45) is 0 Å². The Bertz CT molecular complexity index is 575. The third kappa shape index (κ3) is 3.42. The second-order valence-corrected chi connectivity index (χ2v) is 4.56. The Hall–Kier alpha value is -2.14. The van der Waals surface area contributed by atoms with Gasteiger partial charge in [0.05, 0.1) is 12.2 Å². The first-order chi connectivity index (χ1) is 9.20. The van der Waals surface area contributed by atoms with Gasteiger partial charge in [-0.2, -0.15) is 0 Å². The van der Waals surface area contributed by atoms with Crippen molar-refractivity contribution in [3.05, 3.63) is 52.2 Å². The van der Waals surface area contributed by atoms with Gasteiger partial charge in [0.25, 0.3) is 0 Å². The number of ether oxygens (including phenoxy) is 2. The SMILES string of the molecule is CCOC(=O)c1cccc(OC(=O)c2cccs2)c1. The molecule has 1 aromatic carbocycles. The van der Waals surface area contributed by atoms with E-state index in [1.54, 1.807) is 42.6 Å². The van der Waals surface area contributed by atoms with E-state index in [1.165, 1.54) is 17.4 Å². The molecular formula is C14H12O4S. The number of rotatable bonds is 4. The first-order valence-corrected chi connectivity index (χ1v) is 6.61. The number of esters is 2. The number of thiophene rings is 1. The largest absolute Gasteiger partial charge is 0.462 e. The Morgan fingerprint density at radius 1 is 1.16 bits per heavy atom. The molecule has 0 atom stereocenters. The van der Waals surface area contributed by atoms with E-state index in [4.69, 9.17) is 9.47 Å². The summed E-state index contributed by atoms with van der Waals surface area (Å²) in [6.45, 7) is 2.04. The predicted molar refractivity (Wildman–Crippen MR) is 71.7 cm³/mol. The van der Waals surface area contributed by atoms with Gasteiger partial charge in [-0.1, -0.05) is 12.1 Å². The Balaban J connectivity index is 2.11. The van der Waals surface area contributed by atoms with Crippen LogP contribution in [0, 0.1) is 0 Å². The fourth-order valence-corrected chi connectivity index (χ4v) is 2.05. The highest BCUT2D eigenvalue weighted by atomic mass is 32.1. The fraction of sp³-hybridized carbons (Fsp3) is 0.143. The van der Waals surface area contributed by atoms with E-state index >= 15 is 0 Å². The van der Waals surface area contributed by atoms with Gasteiger partial charge in [0, 0.05) is 0 Å². The lowest BCUT2D eigenvalue weighted by Crippen LogP contribution is -2.08. The normalized spacial score (nSPS) is 9.95. The second-order valence-electron chi connectivity index (χ2n) is 3.62. The quantitative estimate of drug-likeness (QED) is 0.636. The molecular weight excluding hydrogens is 264 g/mol. The van der Waals surface area contributed by atoms with Crippen LogP contribution in [-0.4, -0.2) is 18.5 Å². The van der Waals surface area contributed by atoms with Crippen LogP contribution in [0.3, 0.4) is 0 Å². The van der Waals surface area contributed by atoms with Gasteiger partial charge in [0.1, 0.15) is 10.6 Å². The van der Waals surface area contributed by atoms with E-state index in [1.807, 2.05) is 0 Å². The zero-order chi connectivity index (χ0) is 13.7. The molecule has 0 N–H and O–H groups in total. The molecule has 98 valence electrons. The summed E-state index contributed by atoms with van der Waals surface area (Å²) in [6, 6.07) is 9.82. The van der Waals surface area contributed by atoms with Crippen LogP contribution in [-0.2, 0) is 4.74 Å². The molecule has 0 saturated carbocycles. The van der Waals surface area contributed by atoms with Crippen LogP contribution in [0.1, 0.15) is 27.0 Å². The number of carbonyl (C=O) groups is 2. The van der Waals surface area contributed by atoms with E-state index in [9.17, 15) is 9.59 Å². The molecule has 0 radical (unpaired) electrons. The van der Waals surface area contributed by atoms with Crippen molar-refractivity contribution >= 4 is 23.3 Å². The van der Waals surface area contributed by atoms with E-state index in [0.717, 1.165) is 0 Å². The van der Waals surface area contributed by atoms with Gasteiger partial charge < -0.3 is 9.47 Å². The summed E-state index contributed by atoms with van der Waals surface area (Å²) in [7, 11) is 0. The van der Waals surface area contributed by atoms with Crippen molar-refractivity contribution in [1.82, 2.24) is 0 Å². The summed E-state index contributed by atoms with van der Waals surface area (Å²) in [5.41, 5.74) is 0.360. The van der Waals surface area contributed by atoms with Gasteiger partial charge in [0.15, 0.2) is 0 Å². The van der Waals surface area contributed by atoms with E-state index in [0.29, 0.717) is 22.8 Å². The molecule has 0 spiro atoms. The van der Waals surface area contributed by atoms with Crippen LogP contribution in [0.15, 0.2) is 41.8 Å². The summed E-state index contributed by atoms with van der Waals surface area (Å²) in [6.07, 6.45) is 0. The Labute approximate surface area is 114 Å². The summed E-state index contributed by atoms with van der Waals surface area (Å²) in [5, 5.41) is 1.80. The fourth-order valence-electron chi connectivity index (χ4n) is 1.45. The van der Waals surface area contributed by atoms with Crippen LogP contribution < -0.4 is 4.74 Å². The molecule has 19 heavy (non-hydrogen) atoms. The van der Waals surface area contributed by atoms with E-state index in [-0.39, 0.29) is 0 Å². The first kappa shape index (κ1) is 13.3. The predicted octanol–water partition coefficient (Wildman–Crippen LogP) is 3.14. The lowest BCUT2D eigenvalue weighted by Gasteiger charge is -2.05. The smallest absolute Gasteiger partial charge is 0.353 e. The first-order valence-electron chi connectivity index (χ1n) is 5.73. The summed E-state index contributed by atoms with van der Waals surface area (Å²) in [4.78, 5) is 23.8. The van der Waals surface area contributed by atoms with Crippen LogP contribution in [0.25, 0.3) is 0 Å². The Kier molecular flexibility index (Phi) is 4.30. The zero-order valence-corrected chi connectivity index (χ0v) is 11.1. The monoisotopic (exact) mass is 276 g/mol. The van der Waals surface area contributed by atoms with Crippen molar-refractivity contribution in [3.8, 4) is 5.75 Å². The van der Waals surface area contributed by atoms with Crippen molar-refractivity contribution in [1.29, 1.82) is 0 Å². The molecule has 0 amide bonds. The Morgan fingerprint density at radius 2 is 2.00 bits per heavy atom. The van der Waals surface area contributed by atoms with Crippen molar-refractivity contribution in [2.75, 3.05) is 6.61 Å². The maximum absolute atomic E-state index is 11.8. The van der Waals surface area contributed by atoms with E-state index in [2.05, 4.69) is 0 Å². The summed E-state index contributed by atoms with van der Waals surface area (Å²) >= 11 is 1.30. The maximum Gasteiger partial charge on any atom is 0.353 e. The number of carbonyl (C=O) groups excluding carboxylic acids is 2. The highest BCUT2D eigenvalue weighted by Crippen LogP contribution is 2.17. The molecule has 0 bridgehead atoms. The van der Waals surface area contributed by atoms with Crippen molar-refractivity contribution in [3.63, 3.8) is 0 Å². The highest BCUT2D eigenvalue weighted by Gasteiger charge is 2.12. The van der Waals surface area contributed by atoms with Crippen molar-refractivity contribution in [2.45, 2.75) is 6.92 Å². The van der Waals surface area contributed by atoms with Gasteiger partial charge in [-0.05, 0) is 36.6 Å². The molecule has 0 fully saturated rings. The summed E-state index contributed by atoms with van der Waals surface area (Å²) in [5.74, 6) is -0.545. The molecule has 0 aliphatic heterocycles. The third-order valence-corrected chi connectivity index (χ3v) is 3.13. The van der Waals surface area contributed by atoms with Crippen LogP contribution in [0.2, 0.25) is 0 Å². The minimum absolute atomic E-state index is 0.304. The van der Waals surface area contributed by atoms with Crippen LogP contribution >= 0.6 is 11.3 Å². The molecule has 2 rings (SSSR count). The molecule has 0 aliphatic carbocycles. The third-order valence-electron chi connectivity index (χ3n) is 2.28. The molecule has 5 heteroatoms. The van der Waals surface area contributed by atoms with Crippen LogP contribution in [0.4, 0.5) is 0 Å².